The molecule has 1 aromatic rings. The van der Waals surface area contributed by atoms with Crippen molar-refractivity contribution in [2.75, 3.05) is 23.4 Å². The van der Waals surface area contributed by atoms with E-state index in [1.54, 1.807) is 13.8 Å². The summed E-state index contributed by atoms with van der Waals surface area (Å²) in [4.78, 5) is 19.3. The van der Waals surface area contributed by atoms with Crippen molar-refractivity contribution < 1.29 is 29.2 Å². The monoisotopic (exact) mass is 414 g/mol. The molecule has 28 heavy (non-hydrogen) atoms. The van der Waals surface area contributed by atoms with Crippen LogP contribution < -0.4 is 11.1 Å². The second kappa shape index (κ2) is 8.27. The fraction of sp³-hybridized carbons (Fsp3) is 0.706. The summed E-state index contributed by atoms with van der Waals surface area (Å²) in [5, 5.41) is 22.6. The maximum absolute atomic E-state index is 10.9. The van der Waals surface area contributed by atoms with E-state index < -0.39 is 30.6 Å². The number of nitrogen functional groups attached to an aromatic ring is 1. The SMILES string of the molecule is CCCSc1nc(O)c(N)c(N[C@@H]2C[C@H](OCC(=O)O)[C@H]3OC(C)(C)O[C@H]32)n1. The van der Waals surface area contributed by atoms with E-state index in [4.69, 9.17) is 25.1 Å². The molecule has 1 saturated carbocycles. The molecule has 156 valence electrons. The molecule has 10 nitrogen and oxygen atoms in total. The number of carbonyl (C=O) groups is 1. The molecule has 4 atom stereocenters. The fourth-order valence-electron chi connectivity index (χ4n) is 3.40. The summed E-state index contributed by atoms with van der Waals surface area (Å²) in [7, 11) is 0. The first-order chi connectivity index (χ1) is 13.2. The molecular formula is C17H26N4O6S. The summed E-state index contributed by atoms with van der Waals surface area (Å²) in [6.07, 6.45) is 0.137. The van der Waals surface area contributed by atoms with Crippen LogP contribution in [0, 0.1) is 0 Å². The lowest BCUT2D eigenvalue weighted by atomic mass is 10.2. The van der Waals surface area contributed by atoms with Crippen LogP contribution >= 0.6 is 11.8 Å². The number of carboxylic acids is 1. The van der Waals surface area contributed by atoms with Crippen molar-refractivity contribution in [3.63, 3.8) is 0 Å². The molecule has 0 radical (unpaired) electrons. The van der Waals surface area contributed by atoms with Gasteiger partial charge in [0.2, 0.25) is 5.88 Å². The highest BCUT2D eigenvalue weighted by molar-refractivity contribution is 7.99. The zero-order valence-corrected chi connectivity index (χ0v) is 16.9. The van der Waals surface area contributed by atoms with Gasteiger partial charge < -0.3 is 35.5 Å². The summed E-state index contributed by atoms with van der Waals surface area (Å²) in [6.45, 7) is 5.21. The average Bonchev–Trinajstić information content (AvgIpc) is 3.09. The van der Waals surface area contributed by atoms with E-state index in [0.29, 0.717) is 17.4 Å². The number of ether oxygens (including phenoxy) is 3. The number of rotatable bonds is 8. The van der Waals surface area contributed by atoms with Gasteiger partial charge in [0.05, 0.1) is 12.1 Å². The number of thioether (sulfide) groups is 1. The van der Waals surface area contributed by atoms with Gasteiger partial charge >= 0.3 is 5.97 Å². The van der Waals surface area contributed by atoms with Gasteiger partial charge in [0.15, 0.2) is 16.8 Å². The van der Waals surface area contributed by atoms with E-state index in [1.165, 1.54) is 11.8 Å². The van der Waals surface area contributed by atoms with Crippen LogP contribution in [-0.4, -0.2) is 68.7 Å². The molecule has 11 heteroatoms. The highest BCUT2D eigenvalue weighted by atomic mass is 32.2. The molecule has 1 aliphatic carbocycles. The van der Waals surface area contributed by atoms with E-state index in [-0.39, 0.29) is 23.7 Å². The van der Waals surface area contributed by atoms with Crippen LogP contribution in [0.2, 0.25) is 0 Å². The first-order valence-corrected chi connectivity index (χ1v) is 10.1. The third-order valence-electron chi connectivity index (χ3n) is 4.50. The van der Waals surface area contributed by atoms with Crippen molar-refractivity contribution in [1.29, 1.82) is 0 Å². The Kier molecular flexibility index (Phi) is 6.18. The first kappa shape index (κ1) is 20.9. The highest BCUT2D eigenvalue weighted by Crippen LogP contribution is 2.41. The number of anilines is 2. The van der Waals surface area contributed by atoms with Crippen molar-refractivity contribution in [3.05, 3.63) is 0 Å². The molecule has 2 aliphatic rings. The van der Waals surface area contributed by atoms with Crippen LogP contribution in [0.5, 0.6) is 5.88 Å². The lowest BCUT2D eigenvalue weighted by Crippen LogP contribution is -2.35. The average molecular weight is 414 g/mol. The van der Waals surface area contributed by atoms with Crippen molar-refractivity contribution in [2.24, 2.45) is 0 Å². The molecule has 5 N–H and O–H groups in total. The second-order valence-corrected chi connectivity index (χ2v) is 8.30. The molecule has 0 bridgehead atoms. The third kappa shape index (κ3) is 4.59. The molecule has 1 saturated heterocycles. The predicted octanol–water partition coefficient (Wildman–Crippen LogP) is 1.44. The largest absolute Gasteiger partial charge is 0.492 e. The van der Waals surface area contributed by atoms with Gasteiger partial charge in [0.25, 0.3) is 0 Å². The van der Waals surface area contributed by atoms with Crippen molar-refractivity contribution >= 4 is 29.2 Å². The number of hydrogen-bond acceptors (Lipinski definition) is 10. The van der Waals surface area contributed by atoms with E-state index in [1.807, 2.05) is 6.92 Å². The topological polar surface area (TPSA) is 149 Å². The number of aromatic nitrogens is 2. The standard InChI is InChI=1S/C17H26N4O6S/c1-4-5-28-16-20-14(11(18)15(24)21-16)19-8-6-9(25-7-10(22)23)13-12(8)26-17(2,3)27-13/h8-9,12-13H,4-7,18H2,1-3H3,(H,22,23)(H2,19,20,21,24)/t8-,9+,12+,13-/m1/s1. The molecule has 0 amide bonds. The number of nitrogens with zero attached hydrogens (tertiary/aromatic N) is 2. The summed E-state index contributed by atoms with van der Waals surface area (Å²) in [5.74, 6) is -1.03. The molecule has 0 unspecified atom stereocenters. The summed E-state index contributed by atoms with van der Waals surface area (Å²) in [5.41, 5.74) is 6.00. The first-order valence-electron chi connectivity index (χ1n) is 9.15. The third-order valence-corrected chi connectivity index (χ3v) is 5.55. The Labute approximate surface area is 167 Å². The minimum Gasteiger partial charge on any atom is -0.492 e. The fourth-order valence-corrected chi connectivity index (χ4v) is 4.09. The smallest absolute Gasteiger partial charge is 0.329 e. The second-order valence-electron chi connectivity index (χ2n) is 7.24. The Bertz CT molecular complexity index is 734. The molecule has 0 aromatic carbocycles. The Hall–Kier alpha value is -1.82. The molecule has 0 spiro atoms. The van der Waals surface area contributed by atoms with Crippen LogP contribution in [0.25, 0.3) is 0 Å². The summed E-state index contributed by atoms with van der Waals surface area (Å²) >= 11 is 1.42. The predicted molar refractivity (Wildman–Crippen MR) is 102 cm³/mol. The van der Waals surface area contributed by atoms with Gasteiger partial charge in [-0.3, -0.25) is 0 Å². The van der Waals surface area contributed by atoms with Crippen LogP contribution in [-0.2, 0) is 19.0 Å². The zero-order chi connectivity index (χ0) is 20.5. The van der Waals surface area contributed by atoms with Crippen LogP contribution in [0.1, 0.15) is 33.6 Å². The van der Waals surface area contributed by atoms with Gasteiger partial charge in [-0.2, -0.15) is 4.98 Å². The summed E-state index contributed by atoms with van der Waals surface area (Å²) < 4.78 is 17.4. The minimum atomic E-state index is -1.05. The number of aromatic hydroxyl groups is 1. The van der Waals surface area contributed by atoms with Crippen molar-refractivity contribution in [2.45, 2.75) is 68.9 Å². The molecule has 2 fully saturated rings. The summed E-state index contributed by atoms with van der Waals surface area (Å²) in [6, 6.07) is -0.286. The van der Waals surface area contributed by atoms with Gasteiger partial charge in [-0.1, -0.05) is 18.7 Å². The number of hydrogen-bond donors (Lipinski definition) is 4. The van der Waals surface area contributed by atoms with E-state index in [2.05, 4.69) is 15.3 Å². The van der Waals surface area contributed by atoms with Crippen LogP contribution in [0.4, 0.5) is 11.5 Å². The van der Waals surface area contributed by atoms with Gasteiger partial charge in [-0.15, -0.1) is 0 Å². The molecule has 1 aromatic heterocycles. The maximum atomic E-state index is 10.9. The lowest BCUT2D eigenvalue weighted by Gasteiger charge is -2.24. The normalized spacial score (nSPS) is 28.2. The Balaban J connectivity index is 1.79. The Morgan fingerprint density at radius 2 is 2.11 bits per heavy atom. The molecular weight excluding hydrogens is 388 g/mol. The highest BCUT2D eigenvalue weighted by Gasteiger charge is 2.55. The van der Waals surface area contributed by atoms with Gasteiger partial charge in [0, 0.05) is 5.75 Å². The molecule has 1 aliphatic heterocycles. The Morgan fingerprint density at radius 3 is 2.79 bits per heavy atom. The number of nitrogens with two attached hydrogens (primary N) is 1. The quantitative estimate of drug-likeness (QED) is 0.361. The van der Waals surface area contributed by atoms with Crippen LogP contribution in [0.15, 0.2) is 5.16 Å². The van der Waals surface area contributed by atoms with Gasteiger partial charge in [0.1, 0.15) is 24.5 Å². The van der Waals surface area contributed by atoms with Crippen molar-refractivity contribution in [1.82, 2.24) is 9.97 Å². The Morgan fingerprint density at radius 1 is 1.39 bits per heavy atom. The maximum Gasteiger partial charge on any atom is 0.329 e. The number of nitrogens with one attached hydrogen (secondary N) is 1. The van der Waals surface area contributed by atoms with E-state index >= 15 is 0 Å². The number of fused-ring (bicyclic) bond motifs is 1. The van der Waals surface area contributed by atoms with Crippen molar-refractivity contribution in [3.8, 4) is 5.88 Å². The van der Waals surface area contributed by atoms with Gasteiger partial charge in [-0.25, -0.2) is 9.78 Å². The molecule has 2 heterocycles. The minimum absolute atomic E-state index is 0.0467. The van der Waals surface area contributed by atoms with E-state index in [9.17, 15) is 9.90 Å². The molecule has 3 rings (SSSR count). The van der Waals surface area contributed by atoms with Gasteiger partial charge in [-0.05, 0) is 26.7 Å². The zero-order valence-electron chi connectivity index (χ0n) is 16.0. The lowest BCUT2D eigenvalue weighted by molar-refractivity contribution is -0.170. The van der Waals surface area contributed by atoms with E-state index in [0.717, 1.165) is 12.2 Å². The van der Waals surface area contributed by atoms with Crippen LogP contribution in [0.3, 0.4) is 0 Å². The number of carboxylic acid groups (broad SMARTS) is 1. The number of aliphatic carboxylic acids is 1.